The molecule has 7 rings (SSSR count). The minimum Gasteiger partial charge on any atom is -0.423 e. The van der Waals surface area contributed by atoms with Gasteiger partial charge in [-0.3, -0.25) is 9.97 Å². The number of anilines is 2. The molecule has 4 aromatic heterocycles. The van der Waals surface area contributed by atoms with E-state index in [-0.39, 0.29) is 0 Å². The van der Waals surface area contributed by atoms with Crippen molar-refractivity contribution in [2.24, 2.45) is 0 Å². The van der Waals surface area contributed by atoms with Gasteiger partial charge in [0.25, 0.3) is 0 Å². The van der Waals surface area contributed by atoms with Gasteiger partial charge in [0, 0.05) is 44.0 Å². The number of fused-ring (bicyclic) bond motifs is 3. The van der Waals surface area contributed by atoms with Gasteiger partial charge in [-0.15, -0.1) is 34.9 Å². The number of nitrogens with zero attached hydrogens (tertiary/aromatic N) is 3. The molecule has 0 aliphatic rings. The Morgan fingerprint density at radius 2 is 1.21 bits per heavy atom. The number of nitrogen functional groups attached to an aromatic ring is 2. The van der Waals surface area contributed by atoms with Crippen LogP contribution in [0.25, 0.3) is 31.6 Å². The molecule has 7 nitrogen and oxygen atoms in total. The molecule has 0 amide bonds. The highest BCUT2D eigenvalue weighted by Crippen LogP contribution is 2.32. The lowest BCUT2D eigenvalue weighted by Crippen LogP contribution is -2.31. The third-order valence-corrected chi connectivity index (χ3v) is 10.2. The molecule has 0 unspecified atom stereocenters. The zero-order valence-corrected chi connectivity index (χ0v) is 30.3. The Balaban J connectivity index is 0.000000145. The van der Waals surface area contributed by atoms with Crippen LogP contribution in [0.5, 0.6) is 0 Å². The summed E-state index contributed by atoms with van der Waals surface area (Å²) in [6, 6.07) is 35.2. The lowest BCUT2D eigenvalue weighted by molar-refractivity contribution is 0.425. The Morgan fingerprint density at radius 1 is 0.638 bits per heavy atom. The standard InChI is InChI=1S/C12H12N2S.C11H7NS.C7H9BO2S.C5H5IN2/c1-15-11-7-3-2-5-9(11)12-10(13)6-4-8-14-12;1-2-5-9-8(4-1)11-10(13-9)6-3-7-12-11;1-11-7-5-3-2-4-6(7)8(9)10;6-5-4(7)2-1-3-8-5/h2-8H,13H2,1H3;1-7H;2-5,9-10H,1H3;1-3H,7H2. The second-order valence-corrected chi connectivity index (χ2v) is 13.4. The number of aromatic nitrogens is 3. The summed E-state index contributed by atoms with van der Waals surface area (Å²) in [6.45, 7) is 0. The first kappa shape index (κ1) is 36.2. The number of thiophene rings is 1. The summed E-state index contributed by atoms with van der Waals surface area (Å²) in [6.07, 6.45) is 9.29. The van der Waals surface area contributed by atoms with E-state index in [1.54, 1.807) is 47.6 Å². The van der Waals surface area contributed by atoms with Crippen molar-refractivity contribution in [2.45, 2.75) is 9.79 Å². The molecule has 3 aromatic carbocycles. The zero-order chi connectivity index (χ0) is 33.6. The molecule has 0 aliphatic carbocycles. The van der Waals surface area contributed by atoms with E-state index in [2.05, 4.69) is 80.2 Å². The van der Waals surface area contributed by atoms with Gasteiger partial charge >= 0.3 is 7.12 Å². The summed E-state index contributed by atoms with van der Waals surface area (Å²) in [4.78, 5) is 14.7. The molecule has 238 valence electrons. The van der Waals surface area contributed by atoms with Crippen LogP contribution in [-0.2, 0) is 0 Å². The summed E-state index contributed by atoms with van der Waals surface area (Å²) in [5, 5.41) is 19.0. The normalized spacial score (nSPS) is 10.1. The summed E-state index contributed by atoms with van der Waals surface area (Å²) < 4.78 is 3.45. The van der Waals surface area contributed by atoms with Crippen LogP contribution in [0.4, 0.5) is 11.4 Å². The number of pyridine rings is 3. The quantitative estimate of drug-likeness (QED) is 0.0610. The molecular formula is C35H33BIN5O2S3. The topological polar surface area (TPSA) is 131 Å². The third-order valence-electron chi connectivity index (χ3n) is 6.54. The Hall–Kier alpha value is -3.66. The fourth-order valence-corrected chi connectivity index (χ4v) is 6.93. The molecule has 0 saturated carbocycles. The van der Waals surface area contributed by atoms with Crippen molar-refractivity contribution in [1.82, 2.24) is 15.0 Å². The van der Waals surface area contributed by atoms with E-state index in [1.165, 1.54) is 31.4 Å². The highest BCUT2D eigenvalue weighted by atomic mass is 127. The number of nitrogens with two attached hydrogens (primary N) is 2. The molecule has 0 atom stereocenters. The minimum absolute atomic E-state index is 0.569. The van der Waals surface area contributed by atoms with E-state index in [0.29, 0.717) is 5.46 Å². The first-order chi connectivity index (χ1) is 22.8. The van der Waals surface area contributed by atoms with Gasteiger partial charge in [0.15, 0.2) is 0 Å². The summed E-state index contributed by atoms with van der Waals surface area (Å²) in [5.41, 5.74) is 16.5. The van der Waals surface area contributed by atoms with Crippen LogP contribution < -0.4 is 16.9 Å². The Kier molecular flexibility index (Phi) is 14.3. The molecule has 47 heavy (non-hydrogen) atoms. The SMILES string of the molecule is CSc1ccccc1-c1ncccc1N.CSc1ccccc1B(O)O.Nc1cccnc1I.c1ccc2c(c1)sc1cccnc12. The van der Waals surface area contributed by atoms with Crippen molar-refractivity contribution in [3.05, 3.63) is 131 Å². The van der Waals surface area contributed by atoms with Crippen LogP contribution in [0.3, 0.4) is 0 Å². The number of hydrogen-bond donors (Lipinski definition) is 4. The van der Waals surface area contributed by atoms with Crippen LogP contribution in [0.2, 0.25) is 0 Å². The van der Waals surface area contributed by atoms with Crippen LogP contribution in [0.1, 0.15) is 0 Å². The average Bonchev–Trinajstić information content (AvgIpc) is 3.49. The van der Waals surface area contributed by atoms with Gasteiger partial charge in [0.1, 0.15) is 3.70 Å². The third kappa shape index (κ3) is 10.2. The number of rotatable bonds is 4. The van der Waals surface area contributed by atoms with Gasteiger partial charge in [-0.1, -0.05) is 54.6 Å². The van der Waals surface area contributed by atoms with E-state index >= 15 is 0 Å². The van der Waals surface area contributed by atoms with Crippen LogP contribution in [0, 0.1) is 3.70 Å². The summed E-state index contributed by atoms with van der Waals surface area (Å²) >= 11 is 7.09. The molecule has 7 aromatic rings. The maximum absolute atomic E-state index is 8.88. The molecule has 6 N–H and O–H groups in total. The second-order valence-electron chi connectivity index (χ2n) is 9.59. The Morgan fingerprint density at radius 3 is 1.85 bits per heavy atom. The monoisotopic (exact) mass is 789 g/mol. The van der Waals surface area contributed by atoms with Crippen LogP contribution >= 0.6 is 57.5 Å². The van der Waals surface area contributed by atoms with Gasteiger partial charge in [-0.2, -0.15) is 0 Å². The maximum atomic E-state index is 8.88. The Bertz CT molecular complexity index is 1960. The molecule has 0 saturated heterocycles. The molecule has 0 aliphatic heterocycles. The number of thioether (sulfide) groups is 2. The number of benzene rings is 3. The largest absolute Gasteiger partial charge is 0.489 e. The average molecular weight is 790 g/mol. The van der Waals surface area contributed by atoms with Crippen LogP contribution in [0.15, 0.2) is 138 Å². The van der Waals surface area contributed by atoms with Gasteiger partial charge in [0.05, 0.1) is 27.3 Å². The van der Waals surface area contributed by atoms with Crippen molar-refractivity contribution in [3.8, 4) is 11.3 Å². The van der Waals surface area contributed by atoms with Gasteiger partial charge in [-0.05, 0) is 95.2 Å². The Labute approximate surface area is 301 Å². The summed E-state index contributed by atoms with van der Waals surface area (Å²) in [7, 11) is -1.36. The van der Waals surface area contributed by atoms with Crippen molar-refractivity contribution in [3.63, 3.8) is 0 Å². The minimum atomic E-state index is -1.36. The van der Waals surface area contributed by atoms with Crippen molar-refractivity contribution >= 4 is 102 Å². The molecule has 0 radical (unpaired) electrons. The predicted molar refractivity (Wildman–Crippen MR) is 212 cm³/mol. The predicted octanol–water partition coefficient (Wildman–Crippen LogP) is 7.86. The highest BCUT2D eigenvalue weighted by Gasteiger charge is 2.14. The fraction of sp³-hybridized carbons (Fsp3) is 0.0571. The second kappa shape index (κ2) is 18.6. The molecule has 12 heteroatoms. The lowest BCUT2D eigenvalue weighted by Gasteiger charge is -2.08. The number of hydrogen-bond acceptors (Lipinski definition) is 10. The lowest BCUT2D eigenvalue weighted by atomic mass is 9.80. The van der Waals surface area contributed by atoms with E-state index in [1.807, 2.05) is 73.1 Å². The first-order valence-corrected chi connectivity index (χ1v) is 18.6. The first-order valence-electron chi connectivity index (χ1n) is 14.2. The maximum Gasteiger partial charge on any atom is 0.489 e. The zero-order valence-electron chi connectivity index (χ0n) is 25.7. The smallest absolute Gasteiger partial charge is 0.423 e. The van der Waals surface area contributed by atoms with E-state index in [4.69, 9.17) is 21.5 Å². The molecule has 0 spiro atoms. The van der Waals surface area contributed by atoms with Gasteiger partial charge in [0.2, 0.25) is 0 Å². The van der Waals surface area contributed by atoms with Crippen molar-refractivity contribution < 1.29 is 10.0 Å². The summed E-state index contributed by atoms with van der Waals surface area (Å²) in [5.74, 6) is 0. The van der Waals surface area contributed by atoms with Gasteiger partial charge in [-0.25, -0.2) is 4.98 Å². The van der Waals surface area contributed by atoms with Crippen molar-refractivity contribution in [2.75, 3.05) is 24.0 Å². The molecule has 4 heterocycles. The number of halogens is 1. The highest BCUT2D eigenvalue weighted by molar-refractivity contribution is 14.1. The van der Waals surface area contributed by atoms with Crippen LogP contribution in [-0.4, -0.2) is 44.6 Å². The van der Waals surface area contributed by atoms with E-state index in [9.17, 15) is 0 Å². The van der Waals surface area contributed by atoms with E-state index < -0.39 is 7.12 Å². The molecule has 0 fully saturated rings. The molecular weight excluding hydrogens is 756 g/mol. The van der Waals surface area contributed by atoms with Gasteiger partial charge < -0.3 is 21.5 Å². The van der Waals surface area contributed by atoms with Crippen molar-refractivity contribution in [1.29, 1.82) is 0 Å². The molecule has 0 bridgehead atoms. The fourth-order valence-electron chi connectivity index (χ4n) is 4.31. The van der Waals surface area contributed by atoms with E-state index in [0.717, 1.165) is 36.7 Å².